The van der Waals surface area contributed by atoms with E-state index < -0.39 is 0 Å². The van der Waals surface area contributed by atoms with E-state index in [9.17, 15) is 9.59 Å². The van der Waals surface area contributed by atoms with Crippen molar-refractivity contribution in [3.63, 3.8) is 0 Å². The third-order valence-corrected chi connectivity index (χ3v) is 5.02. The molecule has 0 aliphatic carbocycles. The van der Waals surface area contributed by atoms with Gasteiger partial charge in [0.05, 0.1) is 11.1 Å². The van der Waals surface area contributed by atoms with E-state index in [1.807, 2.05) is 24.3 Å². The smallest absolute Gasteiger partial charge is 0.261 e. The maximum absolute atomic E-state index is 12.4. The van der Waals surface area contributed by atoms with E-state index in [0.29, 0.717) is 17.7 Å². The number of fused-ring (bicyclic) bond motifs is 1. The minimum absolute atomic E-state index is 0.191. The van der Waals surface area contributed by atoms with Crippen LogP contribution in [0.5, 0.6) is 0 Å². The van der Waals surface area contributed by atoms with Gasteiger partial charge in [0.25, 0.3) is 11.8 Å². The van der Waals surface area contributed by atoms with Crippen LogP contribution < -0.4 is 0 Å². The van der Waals surface area contributed by atoms with Gasteiger partial charge in [-0.05, 0) is 67.3 Å². The predicted octanol–water partition coefficient (Wildman–Crippen LogP) is 4.62. The highest BCUT2D eigenvalue weighted by Gasteiger charge is 2.34. The largest absolute Gasteiger partial charge is 0.274 e. The van der Waals surface area contributed by atoms with E-state index in [2.05, 4.69) is 43.0 Å². The van der Waals surface area contributed by atoms with Crippen molar-refractivity contribution in [2.45, 2.75) is 19.8 Å². The summed E-state index contributed by atoms with van der Waals surface area (Å²) in [5.41, 5.74) is 5.32. The van der Waals surface area contributed by atoms with Gasteiger partial charge in [0.1, 0.15) is 0 Å². The minimum Gasteiger partial charge on any atom is -0.274 e. The molecule has 4 rings (SSSR count). The molecule has 0 saturated carbocycles. The fourth-order valence-electron chi connectivity index (χ4n) is 3.56. The lowest BCUT2D eigenvalue weighted by Gasteiger charge is -2.13. The summed E-state index contributed by atoms with van der Waals surface area (Å²) in [6.45, 7) is 2.48. The van der Waals surface area contributed by atoms with Crippen LogP contribution in [0.3, 0.4) is 0 Å². The zero-order valence-corrected chi connectivity index (χ0v) is 16.3. The number of hydrogen-bond donors (Lipinski definition) is 0. The summed E-state index contributed by atoms with van der Waals surface area (Å²) in [5, 5.41) is 0. The maximum atomic E-state index is 12.4. The van der Waals surface area contributed by atoms with Gasteiger partial charge in [0.2, 0.25) is 0 Å². The van der Waals surface area contributed by atoms with E-state index in [-0.39, 0.29) is 11.8 Å². The van der Waals surface area contributed by atoms with E-state index >= 15 is 0 Å². The lowest BCUT2D eigenvalue weighted by atomic mass is 10.1. The molecule has 0 atom stereocenters. The Morgan fingerprint density at radius 1 is 0.759 bits per heavy atom. The SMILES string of the molecule is Cc1cccc(C#Cc2cccc(CCCN3C(=O)c4ccccc4C3=O)c2)c1. The lowest BCUT2D eigenvalue weighted by molar-refractivity contribution is 0.0652. The highest BCUT2D eigenvalue weighted by molar-refractivity contribution is 6.21. The van der Waals surface area contributed by atoms with Gasteiger partial charge in [-0.15, -0.1) is 0 Å². The summed E-state index contributed by atoms with van der Waals surface area (Å²) in [7, 11) is 0. The average molecular weight is 379 g/mol. The molecule has 0 N–H and O–H groups in total. The molecular weight excluding hydrogens is 358 g/mol. The fourth-order valence-corrected chi connectivity index (χ4v) is 3.56. The number of aryl methyl sites for hydroxylation is 2. The summed E-state index contributed by atoms with van der Waals surface area (Å²) in [5.74, 6) is 6.04. The van der Waals surface area contributed by atoms with Gasteiger partial charge in [-0.1, -0.05) is 48.2 Å². The Morgan fingerprint density at radius 2 is 1.38 bits per heavy atom. The van der Waals surface area contributed by atoms with Crippen molar-refractivity contribution < 1.29 is 9.59 Å². The van der Waals surface area contributed by atoms with Crippen molar-refractivity contribution in [3.05, 3.63) is 106 Å². The monoisotopic (exact) mass is 379 g/mol. The fraction of sp³-hybridized carbons (Fsp3) is 0.154. The maximum Gasteiger partial charge on any atom is 0.261 e. The zero-order chi connectivity index (χ0) is 20.2. The Bertz CT molecular complexity index is 1120. The number of hydrogen-bond acceptors (Lipinski definition) is 2. The van der Waals surface area contributed by atoms with Gasteiger partial charge in [0, 0.05) is 17.7 Å². The van der Waals surface area contributed by atoms with Crippen LogP contribution in [0.4, 0.5) is 0 Å². The van der Waals surface area contributed by atoms with Gasteiger partial charge in [-0.3, -0.25) is 14.5 Å². The molecule has 3 heteroatoms. The quantitative estimate of drug-likeness (QED) is 0.490. The molecule has 29 heavy (non-hydrogen) atoms. The van der Waals surface area contributed by atoms with Gasteiger partial charge in [0.15, 0.2) is 0 Å². The second-order valence-electron chi connectivity index (χ2n) is 7.23. The highest BCUT2D eigenvalue weighted by atomic mass is 16.2. The van der Waals surface area contributed by atoms with Crippen molar-refractivity contribution in [1.82, 2.24) is 4.90 Å². The molecule has 0 saturated heterocycles. The van der Waals surface area contributed by atoms with E-state index in [0.717, 1.165) is 29.5 Å². The van der Waals surface area contributed by atoms with Crippen molar-refractivity contribution in [3.8, 4) is 11.8 Å². The number of nitrogens with zero attached hydrogens (tertiary/aromatic N) is 1. The Kier molecular flexibility index (Phi) is 5.27. The molecule has 3 aromatic carbocycles. The van der Waals surface area contributed by atoms with Crippen LogP contribution in [0.1, 0.15) is 49.4 Å². The Balaban J connectivity index is 1.39. The molecule has 3 nitrogen and oxygen atoms in total. The first-order valence-corrected chi connectivity index (χ1v) is 9.75. The molecule has 1 aliphatic heterocycles. The molecule has 1 aliphatic rings. The Labute approximate surface area is 171 Å². The summed E-state index contributed by atoms with van der Waals surface area (Å²) in [6, 6.07) is 23.3. The number of imide groups is 1. The molecule has 0 spiro atoms. The summed E-state index contributed by atoms with van der Waals surface area (Å²) in [4.78, 5) is 26.2. The highest BCUT2D eigenvalue weighted by Crippen LogP contribution is 2.22. The van der Waals surface area contributed by atoms with Gasteiger partial charge in [-0.25, -0.2) is 0 Å². The van der Waals surface area contributed by atoms with Crippen LogP contribution in [0.2, 0.25) is 0 Å². The van der Waals surface area contributed by atoms with E-state index in [4.69, 9.17) is 0 Å². The summed E-state index contributed by atoms with van der Waals surface area (Å²) in [6.07, 6.45) is 1.51. The first kappa shape index (κ1) is 18.7. The molecule has 1 heterocycles. The molecule has 0 unspecified atom stereocenters. The number of amides is 2. The molecule has 0 fully saturated rings. The summed E-state index contributed by atoms with van der Waals surface area (Å²) < 4.78 is 0. The first-order valence-electron chi connectivity index (χ1n) is 9.75. The van der Waals surface area contributed by atoms with Crippen molar-refractivity contribution in [2.24, 2.45) is 0 Å². The number of carbonyl (C=O) groups is 2. The molecule has 0 radical (unpaired) electrons. The van der Waals surface area contributed by atoms with Crippen LogP contribution in [0, 0.1) is 18.8 Å². The predicted molar refractivity (Wildman–Crippen MR) is 114 cm³/mol. The number of rotatable bonds is 4. The second kappa shape index (κ2) is 8.16. The molecule has 3 aromatic rings. The lowest BCUT2D eigenvalue weighted by Crippen LogP contribution is -2.30. The van der Waals surface area contributed by atoms with Crippen LogP contribution in [0.25, 0.3) is 0 Å². The van der Waals surface area contributed by atoms with Crippen LogP contribution >= 0.6 is 0 Å². The van der Waals surface area contributed by atoms with Crippen molar-refractivity contribution in [2.75, 3.05) is 6.54 Å². The average Bonchev–Trinajstić information content (AvgIpc) is 2.98. The van der Waals surface area contributed by atoms with E-state index in [1.54, 1.807) is 24.3 Å². The van der Waals surface area contributed by atoms with E-state index in [1.165, 1.54) is 10.5 Å². The van der Waals surface area contributed by atoms with Gasteiger partial charge < -0.3 is 0 Å². The third-order valence-electron chi connectivity index (χ3n) is 5.02. The summed E-state index contributed by atoms with van der Waals surface area (Å²) >= 11 is 0. The number of carbonyl (C=O) groups excluding carboxylic acids is 2. The Hall–Kier alpha value is -3.64. The third kappa shape index (κ3) is 4.12. The van der Waals surface area contributed by atoms with Crippen molar-refractivity contribution in [1.29, 1.82) is 0 Å². The standard InChI is InChI=1S/C26H21NO2/c1-19-7-4-8-21(17-19)14-15-22-10-5-9-20(18-22)11-6-16-27-25(28)23-12-2-3-13-24(23)26(27)29/h2-5,7-10,12-13,17-18H,6,11,16H2,1H3. The molecular formula is C26H21NO2. The molecule has 142 valence electrons. The zero-order valence-electron chi connectivity index (χ0n) is 16.3. The normalized spacial score (nSPS) is 12.5. The topological polar surface area (TPSA) is 37.4 Å². The van der Waals surface area contributed by atoms with Crippen LogP contribution in [0.15, 0.2) is 72.8 Å². The number of benzene rings is 3. The first-order chi connectivity index (χ1) is 14.1. The molecule has 0 aromatic heterocycles. The molecule has 0 bridgehead atoms. The van der Waals surface area contributed by atoms with Gasteiger partial charge >= 0.3 is 0 Å². The van der Waals surface area contributed by atoms with Crippen LogP contribution in [-0.2, 0) is 6.42 Å². The van der Waals surface area contributed by atoms with Crippen LogP contribution in [-0.4, -0.2) is 23.3 Å². The van der Waals surface area contributed by atoms with Crippen molar-refractivity contribution >= 4 is 11.8 Å². The Morgan fingerprint density at radius 3 is 2.03 bits per heavy atom. The second-order valence-corrected chi connectivity index (χ2v) is 7.23. The minimum atomic E-state index is -0.191. The van der Waals surface area contributed by atoms with Gasteiger partial charge in [-0.2, -0.15) is 0 Å². The molecule has 2 amide bonds.